The van der Waals surface area contributed by atoms with Crippen LogP contribution >= 0.6 is 0 Å². The Morgan fingerprint density at radius 1 is 0.667 bits per heavy atom. The van der Waals surface area contributed by atoms with E-state index in [9.17, 15) is 0 Å². The smallest absolute Gasteiger partial charge is 0.0964 e. The molecular weight excluding hydrogens is 330 g/mol. The SMILES string of the molecule is CCCCCCCCCCCCCCCCCCNC(N)=C(C)C(N)CC. The summed E-state index contributed by atoms with van der Waals surface area (Å²) in [4.78, 5) is 0. The number of unbranched alkanes of at least 4 members (excludes halogenated alkanes) is 15. The zero-order chi connectivity index (χ0) is 20.2. The summed E-state index contributed by atoms with van der Waals surface area (Å²) in [5.41, 5.74) is 13.1. The molecule has 0 aliphatic rings. The summed E-state index contributed by atoms with van der Waals surface area (Å²) in [6.07, 6.45) is 23.4. The molecule has 0 aromatic heterocycles. The van der Waals surface area contributed by atoms with Crippen LogP contribution in [-0.4, -0.2) is 12.6 Å². The van der Waals surface area contributed by atoms with E-state index in [1.165, 1.54) is 103 Å². The molecule has 0 spiro atoms. The van der Waals surface area contributed by atoms with Gasteiger partial charge in [-0.2, -0.15) is 0 Å². The van der Waals surface area contributed by atoms with E-state index in [0.717, 1.165) is 24.4 Å². The van der Waals surface area contributed by atoms with E-state index in [2.05, 4.69) is 19.2 Å². The average Bonchev–Trinajstić information content (AvgIpc) is 2.68. The van der Waals surface area contributed by atoms with Gasteiger partial charge in [0.05, 0.1) is 5.82 Å². The van der Waals surface area contributed by atoms with Gasteiger partial charge in [0.1, 0.15) is 0 Å². The molecule has 1 atom stereocenters. The first kappa shape index (κ1) is 26.3. The van der Waals surface area contributed by atoms with E-state index in [0.29, 0.717) is 0 Å². The van der Waals surface area contributed by atoms with Crippen molar-refractivity contribution in [3.05, 3.63) is 11.4 Å². The summed E-state index contributed by atoms with van der Waals surface area (Å²) in [5, 5.41) is 3.32. The van der Waals surface area contributed by atoms with Crippen LogP contribution in [0.1, 0.15) is 130 Å². The molecule has 0 saturated carbocycles. The van der Waals surface area contributed by atoms with Gasteiger partial charge in [0.15, 0.2) is 0 Å². The van der Waals surface area contributed by atoms with Gasteiger partial charge in [-0.05, 0) is 25.3 Å². The molecule has 0 amide bonds. The highest BCUT2D eigenvalue weighted by Crippen LogP contribution is 2.13. The first-order valence-corrected chi connectivity index (χ1v) is 12.1. The Hall–Kier alpha value is -0.700. The summed E-state index contributed by atoms with van der Waals surface area (Å²) in [6.45, 7) is 7.39. The maximum Gasteiger partial charge on any atom is 0.0964 e. The topological polar surface area (TPSA) is 64.1 Å². The van der Waals surface area contributed by atoms with Crippen LogP contribution in [0.3, 0.4) is 0 Å². The molecule has 27 heavy (non-hydrogen) atoms. The van der Waals surface area contributed by atoms with Crippen molar-refractivity contribution in [2.75, 3.05) is 6.54 Å². The standard InChI is InChI=1S/C24H51N3/c1-4-6-7-8-9-10-11-12-13-14-15-16-17-18-19-20-21-27-24(26)22(3)23(25)5-2/h23,27H,4-21,25-26H2,1-3H3. The Balaban J connectivity index is 3.25. The molecule has 0 fully saturated rings. The molecular formula is C24H51N3. The second kappa shape index (κ2) is 20.0. The molecule has 0 rings (SSSR count). The van der Waals surface area contributed by atoms with E-state index >= 15 is 0 Å². The van der Waals surface area contributed by atoms with Crippen LogP contribution in [0, 0.1) is 0 Å². The van der Waals surface area contributed by atoms with Crippen LogP contribution in [0.5, 0.6) is 0 Å². The van der Waals surface area contributed by atoms with Crippen LogP contribution in [0.25, 0.3) is 0 Å². The average molecular weight is 382 g/mol. The molecule has 3 nitrogen and oxygen atoms in total. The molecule has 162 valence electrons. The van der Waals surface area contributed by atoms with Crippen molar-refractivity contribution in [1.29, 1.82) is 0 Å². The van der Waals surface area contributed by atoms with Crippen LogP contribution in [0.2, 0.25) is 0 Å². The zero-order valence-electron chi connectivity index (χ0n) is 19.0. The predicted octanol–water partition coefficient (Wildman–Crippen LogP) is 6.77. The van der Waals surface area contributed by atoms with E-state index in [4.69, 9.17) is 11.5 Å². The third kappa shape index (κ3) is 17.1. The number of rotatable bonds is 20. The Labute approximate surface area is 171 Å². The fourth-order valence-corrected chi connectivity index (χ4v) is 3.54. The van der Waals surface area contributed by atoms with Gasteiger partial charge in [0, 0.05) is 12.6 Å². The van der Waals surface area contributed by atoms with Crippen molar-refractivity contribution in [1.82, 2.24) is 5.32 Å². The molecule has 0 aromatic carbocycles. The van der Waals surface area contributed by atoms with Crippen molar-refractivity contribution in [3.8, 4) is 0 Å². The number of hydrogen-bond acceptors (Lipinski definition) is 3. The lowest BCUT2D eigenvalue weighted by atomic mass is 10.0. The first-order chi connectivity index (χ1) is 13.1. The van der Waals surface area contributed by atoms with Gasteiger partial charge in [-0.3, -0.25) is 0 Å². The molecule has 0 aliphatic heterocycles. The molecule has 0 radical (unpaired) electrons. The summed E-state index contributed by atoms with van der Waals surface area (Å²) in [7, 11) is 0. The minimum atomic E-state index is 0.0864. The van der Waals surface area contributed by atoms with Crippen LogP contribution in [0.4, 0.5) is 0 Å². The highest BCUT2D eigenvalue weighted by Gasteiger charge is 2.05. The third-order valence-electron chi connectivity index (χ3n) is 5.77. The molecule has 0 saturated heterocycles. The Morgan fingerprint density at radius 3 is 1.41 bits per heavy atom. The van der Waals surface area contributed by atoms with Gasteiger partial charge in [-0.15, -0.1) is 0 Å². The summed E-state index contributed by atoms with van der Waals surface area (Å²) in [6, 6.07) is 0.0864. The Morgan fingerprint density at radius 2 is 1.04 bits per heavy atom. The number of hydrogen-bond donors (Lipinski definition) is 3. The lowest BCUT2D eigenvalue weighted by Crippen LogP contribution is -2.29. The molecule has 0 aliphatic carbocycles. The van der Waals surface area contributed by atoms with Gasteiger partial charge >= 0.3 is 0 Å². The summed E-state index contributed by atoms with van der Waals surface area (Å²) < 4.78 is 0. The number of nitrogens with one attached hydrogen (secondary N) is 1. The highest BCUT2D eigenvalue weighted by atomic mass is 15.0. The molecule has 0 bridgehead atoms. The number of nitrogens with two attached hydrogens (primary N) is 2. The molecule has 1 unspecified atom stereocenters. The maximum atomic E-state index is 6.05. The van der Waals surface area contributed by atoms with Crippen LogP contribution < -0.4 is 16.8 Å². The van der Waals surface area contributed by atoms with Gasteiger partial charge in [-0.1, -0.05) is 110 Å². The van der Waals surface area contributed by atoms with Gasteiger partial charge < -0.3 is 16.8 Å². The maximum absolute atomic E-state index is 6.05. The lowest BCUT2D eigenvalue weighted by molar-refractivity contribution is 0.527. The van der Waals surface area contributed by atoms with Crippen molar-refractivity contribution in [3.63, 3.8) is 0 Å². The lowest BCUT2D eigenvalue weighted by Gasteiger charge is -2.15. The van der Waals surface area contributed by atoms with Crippen molar-refractivity contribution >= 4 is 0 Å². The fraction of sp³-hybridized carbons (Fsp3) is 0.917. The Kier molecular flexibility index (Phi) is 19.5. The normalized spacial score (nSPS) is 13.5. The predicted molar refractivity (Wildman–Crippen MR) is 123 cm³/mol. The second-order valence-electron chi connectivity index (χ2n) is 8.34. The fourth-order valence-electron chi connectivity index (χ4n) is 3.54. The summed E-state index contributed by atoms with van der Waals surface area (Å²) in [5.74, 6) is 0.783. The Bertz CT molecular complexity index is 339. The van der Waals surface area contributed by atoms with E-state index < -0.39 is 0 Å². The molecule has 5 N–H and O–H groups in total. The van der Waals surface area contributed by atoms with Gasteiger partial charge in [-0.25, -0.2) is 0 Å². The van der Waals surface area contributed by atoms with Crippen LogP contribution in [-0.2, 0) is 0 Å². The summed E-state index contributed by atoms with van der Waals surface area (Å²) >= 11 is 0. The van der Waals surface area contributed by atoms with Gasteiger partial charge in [0.25, 0.3) is 0 Å². The zero-order valence-corrected chi connectivity index (χ0v) is 19.0. The highest BCUT2D eigenvalue weighted by molar-refractivity contribution is 5.12. The quantitative estimate of drug-likeness (QED) is 0.204. The third-order valence-corrected chi connectivity index (χ3v) is 5.77. The monoisotopic (exact) mass is 381 g/mol. The van der Waals surface area contributed by atoms with Crippen molar-refractivity contribution in [2.45, 2.75) is 136 Å². The van der Waals surface area contributed by atoms with Crippen LogP contribution in [0.15, 0.2) is 11.4 Å². The van der Waals surface area contributed by atoms with E-state index in [1.807, 2.05) is 6.92 Å². The second-order valence-corrected chi connectivity index (χ2v) is 8.34. The first-order valence-electron chi connectivity index (χ1n) is 12.1. The van der Waals surface area contributed by atoms with E-state index in [1.54, 1.807) is 0 Å². The molecule has 3 heteroatoms. The molecule has 0 heterocycles. The van der Waals surface area contributed by atoms with E-state index in [-0.39, 0.29) is 6.04 Å². The van der Waals surface area contributed by atoms with Crippen molar-refractivity contribution < 1.29 is 0 Å². The van der Waals surface area contributed by atoms with Gasteiger partial charge in [0.2, 0.25) is 0 Å². The van der Waals surface area contributed by atoms with Crippen molar-refractivity contribution in [2.24, 2.45) is 11.5 Å². The minimum absolute atomic E-state index is 0.0864. The molecule has 0 aromatic rings. The minimum Gasteiger partial charge on any atom is -0.386 e. The largest absolute Gasteiger partial charge is 0.386 e.